The van der Waals surface area contributed by atoms with E-state index in [1.54, 1.807) is 0 Å². The average molecular weight is 226 g/mol. The van der Waals surface area contributed by atoms with E-state index in [9.17, 15) is 8.42 Å². The highest BCUT2D eigenvalue weighted by Gasteiger charge is 2.07. The largest absolute Gasteiger partial charge is 0.311 e. The number of sulfone groups is 1. The van der Waals surface area contributed by atoms with Crippen LogP contribution >= 0.6 is 11.6 Å². The second kappa shape index (κ2) is 6.40. The van der Waals surface area contributed by atoms with E-state index in [0.29, 0.717) is 24.5 Å². The Morgan fingerprint density at radius 3 is 2.54 bits per heavy atom. The van der Waals surface area contributed by atoms with Gasteiger partial charge in [0.05, 0.1) is 5.75 Å². The van der Waals surface area contributed by atoms with Crippen molar-refractivity contribution < 1.29 is 8.42 Å². The fourth-order valence-electron chi connectivity index (χ4n) is 0.865. The van der Waals surface area contributed by atoms with Crippen LogP contribution in [-0.2, 0) is 9.84 Å². The summed E-state index contributed by atoms with van der Waals surface area (Å²) in [6.07, 6.45) is 0.671. The smallest absolute Gasteiger partial charge is 0.151 e. The Bertz CT molecular complexity index is 249. The van der Waals surface area contributed by atoms with Crippen LogP contribution in [0.2, 0.25) is 0 Å². The first-order valence-electron chi connectivity index (χ1n) is 4.22. The highest BCUT2D eigenvalue weighted by molar-refractivity contribution is 7.91. The van der Waals surface area contributed by atoms with Gasteiger partial charge in [-0.05, 0) is 6.42 Å². The van der Waals surface area contributed by atoms with Crippen molar-refractivity contribution in [2.45, 2.75) is 13.3 Å². The van der Waals surface area contributed by atoms with Crippen LogP contribution in [0, 0.1) is 0 Å². The number of nitrogens with one attached hydrogen (secondary N) is 1. The Labute approximate surface area is 85.1 Å². The summed E-state index contributed by atoms with van der Waals surface area (Å²) in [5.41, 5.74) is 0. The maximum absolute atomic E-state index is 11.2. The summed E-state index contributed by atoms with van der Waals surface area (Å²) in [5, 5.41) is 3.38. The van der Waals surface area contributed by atoms with Crippen LogP contribution in [0.4, 0.5) is 0 Å². The number of rotatable bonds is 7. The van der Waals surface area contributed by atoms with E-state index >= 15 is 0 Å². The average Bonchev–Trinajstić information content (AvgIpc) is 1.98. The SMILES string of the molecule is C=C(Cl)CNCCS(=O)(=O)CCC. The maximum Gasteiger partial charge on any atom is 0.151 e. The molecule has 1 N–H and O–H groups in total. The summed E-state index contributed by atoms with van der Waals surface area (Å²) < 4.78 is 22.4. The summed E-state index contributed by atoms with van der Waals surface area (Å²) in [7, 11) is -2.86. The molecule has 0 aromatic rings. The third-order valence-electron chi connectivity index (χ3n) is 1.42. The fourth-order valence-corrected chi connectivity index (χ4v) is 2.24. The summed E-state index contributed by atoms with van der Waals surface area (Å²) in [6, 6.07) is 0. The molecule has 0 saturated carbocycles. The second-order valence-electron chi connectivity index (χ2n) is 2.85. The first-order valence-corrected chi connectivity index (χ1v) is 6.42. The van der Waals surface area contributed by atoms with Crippen molar-refractivity contribution in [3.63, 3.8) is 0 Å². The normalized spacial score (nSPS) is 11.5. The third kappa shape index (κ3) is 8.28. The molecule has 0 aliphatic heterocycles. The molecule has 0 fully saturated rings. The van der Waals surface area contributed by atoms with Crippen molar-refractivity contribution in [1.82, 2.24) is 5.32 Å². The first-order chi connectivity index (χ1) is 5.98. The van der Waals surface area contributed by atoms with E-state index in [1.807, 2.05) is 6.92 Å². The zero-order valence-electron chi connectivity index (χ0n) is 7.85. The lowest BCUT2D eigenvalue weighted by atomic mass is 10.6. The molecule has 0 spiro atoms. The molecule has 78 valence electrons. The van der Waals surface area contributed by atoms with Crippen LogP contribution in [0.15, 0.2) is 11.6 Å². The predicted molar refractivity (Wildman–Crippen MR) is 56.8 cm³/mol. The minimum atomic E-state index is -2.86. The molecule has 0 bridgehead atoms. The molecule has 13 heavy (non-hydrogen) atoms. The van der Waals surface area contributed by atoms with Crippen molar-refractivity contribution in [2.75, 3.05) is 24.6 Å². The molecule has 0 unspecified atom stereocenters. The Hall–Kier alpha value is -0.0600. The molecular weight excluding hydrogens is 210 g/mol. The van der Waals surface area contributed by atoms with Gasteiger partial charge in [0, 0.05) is 23.9 Å². The van der Waals surface area contributed by atoms with Crippen molar-refractivity contribution in [3.8, 4) is 0 Å². The molecule has 3 nitrogen and oxygen atoms in total. The first kappa shape index (κ1) is 12.9. The monoisotopic (exact) mass is 225 g/mol. The van der Waals surface area contributed by atoms with Crippen LogP contribution in [0.3, 0.4) is 0 Å². The number of hydrogen-bond donors (Lipinski definition) is 1. The Balaban J connectivity index is 3.58. The van der Waals surface area contributed by atoms with Crippen LogP contribution in [0.1, 0.15) is 13.3 Å². The molecule has 0 aliphatic carbocycles. The molecule has 0 aromatic heterocycles. The van der Waals surface area contributed by atoms with Crippen molar-refractivity contribution in [1.29, 1.82) is 0 Å². The van der Waals surface area contributed by atoms with Crippen LogP contribution < -0.4 is 5.32 Å². The van der Waals surface area contributed by atoms with E-state index in [4.69, 9.17) is 11.6 Å². The van der Waals surface area contributed by atoms with Crippen LogP contribution in [-0.4, -0.2) is 33.0 Å². The Kier molecular flexibility index (Phi) is 6.37. The Morgan fingerprint density at radius 2 is 2.08 bits per heavy atom. The predicted octanol–water partition coefficient (Wildman–Crippen LogP) is 1.15. The van der Waals surface area contributed by atoms with Crippen molar-refractivity contribution >= 4 is 21.4 Å². The van der Waals surface area contributed by atoms with E-state index < -0.39 is 9.84 Å². The lowest BCUT2D eigenvalue weighted by molar-refractivity contribution is 0.591. The zero-order chi connectivity index (χ0) is 10.3. The quantitative estimate of drug-likeness (QED) is 0.662. The van der Waals surface area contributed by atoms with Gasteiger partial charge >= 0.3 is 0 Å². The van der Waals surface area contributed by atoms with Gasteiger partial charge in [-0.15, -0.1) is 0 Å². The summed E-state index contributed by atoms with van der Waals surface area (Å²) in [4.78, 5) is 0. The zero-order valence-corrected chi connectivity index (χ0v) is 9.42. The van der Waals surface area contributed by atoms with Gasteiger partial charge < -0.3 is 5.32 Å². The molecule has 0 aliphatic rings. The van der Waals surface area contributed by atoms with Gasteiger partial charge in [0.25, 0.3) is 0 Å². The summed E-state index contributed by atoms with van der Waals surface area (Å²) in [6.45, 7) is 6.23. The van der Waals surface area contributed by atoms with Gasteiger partial charge in [0.1, 0.15) is 0 Å². The van der Waals surface area contributed by atoms with E-state index in [0.717, 1.165) is 0 Å². The molecule has 5 heteroatoms. The maximum atomic E-state index is 11.2. The van der Waals surface area contributed by atoms with Gasteiger partial charge in [-0.1, -0.05) is 25.1 Å². The molecule has 0 radical (unpaired) electrons. The standard InChI is InChI=1S/C8H16ClNO2S/c1-3-5-13(11,12)6-4-10-7-8(2)9/h10H,2-7H2,1H3. The van der Waals surface area contributed by atoms with Gasteiger partial charge in [-0.3, -0.25) is 0 Å². The van der Waals surface area contributed by atoms with Gasteiger partial charge in [0.2, 0.25) is 0 Å². The highest BCUT2D eigenvalue weighted by Crippen LogP contribution is 1.94. The third-order valence-corrected chi connectivity index (χ3v) is 3.41. The lowest BCUT2D eigenvalue weighted by Gasteiger charge is -2.03. The molecule has 0 aromatic carbocycles. The molecule has 0 saturated heterocycles. The number of hydrogen-bond acceptors (Lipinski definition) is 3. The van der Waals surface area contributed by atoms with Gasteiger partial charge in [-0.2, -0.15) is 0 Å². The van der Waals surface area contributed by atoms with Crippen molar-refractivity contribution in [2.24, 2.45) is 0 Å². The molecule has 0 atom stereocenters. The summed E-state index contributed by atoms with van der Waals surface area (Å²) in [5.74, 6) is 0.432. The lowest BCUT2D eigenvalue weighted by Crippen LogP contribution is -2.25. The topological polar surface area (TPSA) is 46.2 Å². The Morgan fingerprint density at radius 1 is 1.46 bits per heavy atom. The molecule has 0 heterocycles. The fraction of sp³-hybridized carbons (Fsp3) is 0.750. The highest BCUT2D eigenvalue weighted by atomic mass is 35.5. The van der Waals surface area contributed by atoms with Crippen molar-refractivity contribution in [3.05, 3.63) is 11.6 Å². The van der Waals surface area contributed by atoms with Crippen LogP contribution in [0.5, 0.6) is 0 Å². The van der Waals surface area contributed by atoms with Crippen LogP contribution in [0.25, 0.3) is 0 Å². The minimum Gasteiger partial charge on any atom is -0.311 e. The molecular formula is C8H16ClNO2S. The minimum absolute atomic E-state index is 0.172. The van der Waals surface area contributed by atoms with E-state index in [-0.39, 0.29) is 11.5 Å². The van der Waals surface area contributed by atoms with Gasteiger partial charge in [0.15, 0.2) is 9.84 Å². The molecule has 0 rings (SSSR count). The molecule has 0 amide bonds. The van der Waals surface area contributed by atoms with E-state index in [2.05, 4.69) is 11.9 Å². The van der Waals surface area contributed by atoms with E-state index in [1.165, 1.54) is 0 Å². The summed E-state index contributed by atoms with van der Waals surface area (Å²) >= 11 is 5.48. The van der Waals surface area contributed by atoms with Gasteiger partial charge in [-0.25, -0.2) is 8.42 Å². The second-order valence-corrected chi connectivity index (χ2v) is 5.68. The number of halogens is 1.